The van der Waals surface area contributed by atoms with Crippen LogP contribution in [0.15, 0.2) is 47.2 Å². The van der Waals surface area contributed by atoms with E-state index in [4.69, 9.17) is 17.0 Å². The van der Waals surface area contributed by atoms with E-state index in [0.717, 1.165) is 21.3 Å². The highest BCUT2D eigenvalue weighted by molar-refractivity contribution is 9.10. The van der Waals surface area contributed by atoms with Crippen molar-refractivity contribution in [2.24, 2.45) is 0 Å². The number of aromatic amines is 1. The van der Waals surface area contributed by atoms with Gasteiger partial charge < -0.3 is 10.2 Å². The summed E-state index contributed by atoms with van der Waals surface area (Å²) in [6, 6.07) is 9.67. The predicted molar refractivity (Wildman–Crippen MR) is 94.4 cm³/mol. The molecule has 0 aliphatic carbocycles. The summed E-state index contributed by atoms with van der Waals surface area (Å²) in [7, 11) is 1.64. The Balaban J connectivity index is 1.83. The van der Waals surface area contributed by atoms with Gasteiger partial charge in [0.05, 0.1) is 18.1 Å². The molecular formula is C15H14BrN5OS. The van der Waals surface area contributed by atoms with E-state index in [1.165, 1.54) is 0 Å². The molecular weight excluding hydrogens is 378 g/mol. The fraction of sp³-hybridized carbons (Fsp3) is 0.133. The quantitative estimate of drug-likeness (QED) is 0.651. The van der Waals surface area contributed by atoms with Crippen molar-refractivity contribution in [1.82, 2.24) is 19.9 Å². The van der Waals surface area contributed by atoms with Crippen molar-refractivity contribution in [3.8, 4) is 17.1 Å². The number of aromatic nitrogens is 4. The molecule has 2 heterocycles. The number of nitrogens with zero attached hydrogens (tertiary/aromatic N) is 3. The molecule has 2 N–H and O–H groups in total. The molecule has 0 aliphatic rings. The normalized spacial score (nSPS) is 10.5. The van der Waals surface area contributed by atoms with E-state index in [1.807, 2.05) is 30.3 Å². The van der Waals surface area contributed by atoms with Crippen LogP contribution >= 0.6 is 28.1 Å². The molecule has 0 amide bonds. The second-order valence-electron chi connectivity index (χ2n) is 4.73. The van der Waals surface area contributed by atoms with Crippen LogP contribution in [0.4, 0.5) is 0 Å². The van der Waals surface area contributed by atoms with Crippen molar-refractivity contribution >= 4 is 28.1 Å². The van der Waals surface area contributed by atoms with Gasteiger partial charge in [0.2, 0.25) is 4.77 Å². The van der Waals surface area contributed by atoms with Gasteiger partial charge in [-0.25, -0.2) is 9.77 Å². The number of rotatable bonds is 5. The Morgan fingerprint density at radius 2 is 2.09 bits per heavy atom. The summed E-state index contributed by atoms with van der Waals surface area (Å²) < 4.78 is 8.40. The second-order valence-corrected chi connectivity index (χ2v) is 5.97. The van der Waals surface area contributed by atoms with Crippen LogP contribution in [0.2, 0.25) is 0 Å². The van der Waals surface area contributed by atoms with E-state index >= 15 is 0 Å². The monoisotopic (exact) mass is 391 g/mol. The molecule has 6 nitrogen and oxygen atoms in total. The van der Waals surface area contributed by atoms with Crippen LogP contribution < -0.4 is 10.2 Å². The van der Waals surface area contributed by atoms with Crippen LogP contribution in [0.3, 0.4) is 0 Å². The van der Waals surface area contributed by atoms with E-state index in [2.05, 4.69) is 36.5 Å². The van der Waals surface area contributed by atoms with Crippen molar-refractivity contribution in [2.45, 2.75) is 6.54 Å². The minimum atomic E-state index is 0.504. The fourth-order valence-corrected chi connectivity index (χ4v) is 2.91. The Bertz CT molecular complexity index is 862. The van der Waals surface area contributed by atoms with Gasteiger partial charge in [-0.05, 0) is 58.0 Å². The van der Waals surface area contributed by atoms with Gasteiger partial charge >= 0.3 is 0 Å². The number of hydrogen-bond acceptors (Lipinski definition) is 5. The average molecular weight is 392 g/mol. The van der Waals surface area contributed by atoms with Crippen LogP contribution in [-0.4, -0.2) is 27.0 Å². The Kier molecular flexibility index (Phi) is 4.73. The van der Waals surface area contributed by atoms with Gasteiger partial charge in [0.1, 0.15) is 5.75 Å². The van der Waals surface area contributed by atoms with E-state index in [1.54, 1.807) is 24.2 Å². The Morgan fingerprint density at radius 3 is 2.78 bits per heavy atom. The first kappa shape index (κ1) is 15.7. The molecule has 0 aliphatic heterocycles. The van der Waals surface area contributed by atoms with Gasteiger partial charge in [-0.3, -0.25) is 4.98 Å². The lowest BCUT2D eigenvalue weighted by molar-refractivity contribution is 0.412. The van der Waals surface area contributed by atoms with Crippen molar-refractivity contribution in [2.75, 3.05) is 12.5 Å². The maximum atomic E-state index is 5.29. The highest BCUT2D eigenvalue weighted by Gasteiger charge is 2.09. The molecule has 118 valence electrons. The minimum Gasteiger partial charge on any atom is -0.496 e. The number of ether oxygens (including phenoxy) is 1. The number of pyridine rings is 1. The molecule has 23 heavy (non-hydrogen) atoms. The summed E-state index contributed by atoms with van der Waals surface area (Å²) in [5.74, 6) is 1.51. The summed E-state index contributed by atoms with van der Waals surface area (Å²) in [4.78, 5) is 4.02. The Morgan fingerprint density at radius 1 is 1.30 bits per heavy atom. The molecule has 0 saturated heterocycles. The molecule has 0 radical (unpaired) electrons. The van der Waals surface area contributed by atoms with Crippen LogP contribution in [0.1, 0.15) is 5.56 Å². The third-order valence-electron chi connectivity index (χ3n) is 3.27. The molecule has 2 aromatic heterocycles. The van der Waals surface area contributed by atoms with Crippen LogP contribution in [-0.2, 0) is 6.54 Å². The third kappa shape index (κ3) is 3.43. The first-order valence-electron chi connectivity index (χ1n) is 6.83. The van der Waals surface area contributed by atoms with Crippen LogP contribution in [0, 0.1) is 4.77 Å². The Labute approximate surface area is 146 Å². The molecule has 0 atom stereocenters. The topological polar surface area (TPSA) is 67.8 Å². The Hall–Kier alpha value is -2.19. The molecule has 3 aromatic rings. The fourth-order valence-electron chi connectivity index (χ4n) is 2.13. The maximum absolute atomic E-state index is 5.29. The molecule has 3 rings (SSSR count). The summed E-state index contributed by atoms with van der Waals surface area (Å²) in [6.07, 6.45) is 3.44. The standard InChI is InChI=1S/C15H14BrN5OS/c1-22-13-3-2-10(8-12(13)16)9-18-21-14(19-20-15(21)23)11-4-6-17-7-5-11/h2-8,18H,9H2,1H3,(H,20,23). The summed E-state index contributed by atoms with van der Waals surface area (Å²) >= 11 is 8.78. The zero-order valence-electron chi connectivity index (χ0n) is 12.3. The summed E-state index contributed by atoms with van der Waals surface area (Å²) in [6.45, 7) is 0.592. The van der Waals surface area contributed by atoms with E-state index < -0.39 is 0 Å². The number of hydrogen-bond donors (Lipinski definition) is 2. The zero-order valence-corrected chi connectivity index (χ0v) is 14.7. The molecule has 0 spiro atoms. The largest absolute Gasteiger partial charge is 0.496 e. The third-order valence-corrected chi connectivity index (χ3v) is 4.16. The van der Waals surface area contributed by atoms with Crippen molar-refractivity contribution < 1.29 is 4.74 Å². The molecule has 0 fully saturated rings. The van der Waals surface area contributed by atoms with Gasteiger partial charge in [-0.2, -0.15) is 5.10 Å². The lowest BCUT2D eigenvalue weighted by Crippen LogP contribution is -2.16. The molecule has 0 bridgehead atoms. The number of halogens is 1. The lowest BCUT2D eigenvalue weighted by Gasteiger charge is -2.11. The molecule has 1 aromatic carbocycles. The maximum Gasteiger partial charge on any atom is 0.214 e. The van der Waals surface area contributed by atoms with E-state index in [-0.39, 0.29) is 0 Å². The minimum absolute atomic E-state index is 0.504. The SMILES string of the molecule is COc1ccc(CNn2c(-c3ccncc3)n[nH]c2=S)cc1Br. The summed E-state index contributed by atoms with van der Waals surface area (Å²) in [5, 5.41) is 7.07. The van der Waals surface area contributed by atoms with Gasteiger partial charge in [0, 0.05) is 18.0 Å². The smallest absolute Gasteiger partial charge is 0.214 e. The highest BCUT2D eigenvalue weighted by Crippen LogP contribution is 2.25. The predicted octanol–water partition coefficient (Wildman–Crippen LogP) is 3.52. The number of nitrogens with one attached hydrogen (secondary N) is 2. The van der Waals surface area contributed by atoms with Gasteiger partial charge in [0.25, 0.3) is 0 Å². The van der Waals surface area contributed by atoms with Gasteiger partial charge in [-0.15, -0.1) is 0 Å². The van der Waals surface area contributed by atoms with E-state index in [9.17, 15) is 0 Å². The van der Waals surface area contributed by atoms with E-state index in [0.29, 0.717) is 17.1 Å². The number of H-pyrrole nitrogens is 1. The molecule has 8 heteroatoms. The average Bonchev–Trinajstić information content (AvgIpc) is 2.94. The molecule has 0 saturated carbocycles. The van der Waals surface area contributed by atoms with Crippen molar-refractivity contribution in [1.29, 1.82) is 0 Å². The van der Waals surface area contributed by atoms with Crippen LogP contribution in [0.25, 0.3) is 11.4 Å². The second kappa shape index (κ2) is 6.93. The zero-order chi connectivity index (χ0) is 16.2. The number of methoxy groups -OCH3 is 1. The van der Waals surface area contributed by atoms with Crippen molar-refractivity contribution in [3.63, 3.8) is 0 Å². The molecule has 0 unspecified atom stereocenters. The summed E-state index contributed by atoms with van der Waals surface area (Å²) in [5.41, 5.74) is 5.29. The number of benzene rings is 1. The van der Waals surface area contributed by atoms with Crippen LogP contribution in [0.5, 0.6) is 5.75 Å². The first-order valence-corrected chi connectivity index (χ1v) is 8.03. The van der Waals surface area contributed by atoms with Gasteiger partial charge in [0.15, 0.2) is 5.82 Å². The van der Waals surface area contributed by atoms with Gasteiger partial charge in [-0.1, -0.05) is 6.07 Å². The lowest BCUT2D eigenvalue weighted by atomic mass is 10.2. The van der Waals surface area contributed by atoms with Crippen molar-refractivity contribution in [3.05, 3.63) is 57.5 Å². The first-order chi connectivity index (χ1) is 11.2. The highest BCUT2D eigenvalue weighted by atomic mass is 79.9.